The SMILES string of the molecule is CCC/C=C\CCCCCC/C=C\CCCCCC(O)(C[N+](C)(C)C)P(=O)(O)O. The molecule has 0 bridgehead atoms. The Morgan fingerprint density at radius 3 is 1.55 bits per heavy atom. The summed E-state index contributed by atoms with van der Waals surface area (Å²) < 4.78 is 12.1. The number of quaternary nitrogens is 1. The van der Waals surface area contributed by atoms with Crippen LogP contribution in [0.1, 0.15) is 90.4 Å². The molecular formula is C23H47NO4P+. The summed E-state index contributed by atoms with van der Waals surface area (Å²) in [5.74, 6) is 0. The highest BCUT2D eigenvalue weighted by molar-refractivity contribution is 7.53. The first-order valence-corrected chi connectivity index (χ1v) is 13.0. The molecule has 6 heteroatoms. The van der Waals surface area contributed by atoms with Crippen molar-refractivity contribution < 1.29 is 23.9 Å². The summed E-state index contributed by atoms with van der Waals surface area (Å²) >= 11 is 0. The van der Waals surface area contributed by atoms with Crippen LogP contribution >= 0.6 is 7.60 Å². The molecule has 0 fully saturated rings. The number of allylic oxidation sites excluding steroid dienone is 4. The molecule has 0 heterocycles. The van der Waals surface area contributed by atoms with Gasteiger partial charge in [-0.25, -0.2) is 0 Å². The predicted molar refractivity (Wildman–Crippen MR) is 124 cm³/mol. The summed E-state index contributed by atoms with van der Waals surface area (Å²) in [6.07, 6.45) is 22.6. The Hall–Kier alpha value is -0.450. The van der Waals surface area contributed by atoms with E-state index >= 15 is 0 Å². The van der Waals surface area contributed by atoms with E-state index in [2.05, 4.69) is 31.2 Å². The lowest BCUT2D eigenvalue weighted by molar-refractivity contribution is -0.875. The second-order valence-corrected chi connectivity index (χ2v) is 11.2. The molecule has 0 aromatic carbocycles. The van der Waals surface area contributed by atoms with Crippen molar-refractivity contribution in [1.82, 2.24) is 0 Å². The minimum Gasteiger partial charge on any atom is -0.373 e. The minimum absolute atomic E-state index is 0.0478. The average molecular weight is 433 g/mol. The van der Waals surface area contributed by atoms with Gasteiger partial charge in [0.05, 0.1) is 21.1 Å². The van der Waals surface area contributed by atoms with Gasteiger partial charge in [0.15, 0.2) is 0 Å². The zero-order valence-corrected chi connectivity index (χ0v) is 20.2. The van der Waals surface area contributed by atoms with Crippen LogP contribution in [-0.4, -0.2) is 52.4 Å². The van der Waals surface area contributed by atoms with Gasteiger partial charge in [0, 0.05) is 0 Å². The third-order valence-corrected chi connectivity index (χ3v) is 6.45. The van der Waals surface area contributed by atoms with Gasteiger partial charge < -0.3 is 19.4 Å². The number of hydrogen-bond donors (Lipinski definition) is 3. The van der Waals surface area contributed by atoms with Gasteiger partial charge in [0.1, 0.15) is 6.54 Å². The highest BCUT2D eigenvalue weighted by Gasteiger charge is 2.48. The van der Waals surface area contributed by atoms with Crippen LogP contribution in [0.3, 0.4) is 0 Å². The van der Waals surface area contributed by atoms with E-state index < -0.39 is 12.9 Å². The van der Waals surface area contributed by atoms with Crippen LogP contribution in [0.15, 0.2) is 24.3 Å². The molecule has 0 spiro atoms. The normalized spacial score (nSPS) is 15.4. The fourth-order valence-corrected chi connectivity index (χ4v) is 4.50. The zero-order chi connectivity index (χ0) is 22.2. The molecule has 0 rings (SSSR count). The number of unbranched alkanes of at least 4 members (excludes halogenated alkanes) is 9. The van der Waals surface area contributed by atoms with Gasteiger partial charge in [-0.1, -0.05) is 56.9 Å². The van der Waals surface area contributed by atoms with E-state index in [1.165, 1.54) is 44.9 Å². The summed E-state index contributed by atoms with van der Waals surface area (Å²) in [7, 11) is 0.937. The largest absolute Gasteiger partial charge is 0.373 e. The lowest BCUT2D eigenvalue weighted by Crippen LogP contribution is -2.49. The van der Waals surface area contributed by atoms with E-state index in [1.54, 1.807) is 0 Å². The van der Waals surface area contributed by atoms with Crippen LogP contribution in [0.2, 0.25) is 0 Å². The molecule has 172 valence electrons. The van der Waals surface area contributed by atoms with Gasteiger partial charge in [-0.3, -0.25) is 4.57 Å². The molecule has 0 saturated carbocycles. The van der Waals surface area contributed by atoms with Gasteiger partial charge in [0.2, 0.25) is 5.34 Å². The first kappa shape index (κ1) is 28.5. The average Bonchev–Trinajstić information content (AvgIpc) is 2.59. The molecule has 5 nitrogen and oxygen atoms in total. The molecule has 1 atom stereocenters. The Labute approximate surface area is 179 Å². The van der Waals surface area contributed by atoms with Crippen molar-refractivity contribution in [3.63, 3.8) is 0 Å². The molecule has 0 aliphatic carbocycles. The van der Waals surface area contributed by atoms with Gasteiger partial charge in [-0.2, -0.15) is 0 Å². The fourth-order valence-electron chi connectivity index (χ4n) is 3.44. The van der Waals surface area contributed by atoms with E-state index in [-0.39, 0.29) is 13.0 Å². The summed E-state index contributed by atoms with van der Waals surface area (Å²) in [6, 6.07) is 0. The number of aliphatic hydroxyl groups is 1. The number of hydrogen-bond acceptors (Lipinski definition) is 2. The Balaban J connectivity index is 3.78. The van der Waals surface area contributed by atoms with E-state index in [1.807, 2.05) is 21.1 Å². The van der Waals surface area contributed by atoms with Gasteiger partial charge >= 0.3 is 7.60 Å². The van der Waals surface area contributed by atoms with Gasteiger partial charge in [-0.05, 0) is 57.8 Å². The Kier molecular flexibility index (Phi) is 15.1. The van der Waals surface area contributed by atoms with E-state index in [0.29, 0.717) is 10.9 Å². The summed E-state index contributed by atoms with van der Waals surface area (Å²) in [6.45, 7) is 2.25. The minimum atomic E-state index is -4.55. The molecule has 0 saturated heterocycles. The lowest BCUT2D eigenvalue weighted by Gasteiger charge is -2.35. The van der Waals surface area contributed by atoms with Crippen LogP contribution in [0.5, 0.6) is 0 Å². The van der Waals surface area contributed by atoms with Crippen molar-refractivity contribution >= 4 is 7.60 Å². The van der Waals surface area contributed by atoms with Crippen LogP contribution in [-0.2, 0) is 4.57 Å². The van der Waals surface area contributed by atoms with E-state index in [9.17, 15) is 19.5 Å². The molecule has 0 radical (unpaired) electrons. The number of nitrogens with zero attached hydrogens (tertiary/aromatic N) is 1. The van der Waals surface area contributed by atoms with Gasteiger partial charge in [0.25, 0.3) is 0 Å². The number of likely N-dealkylation sites (N-methyl/N-ethyl adjacent to an activating group) is 1. The van der Waals surface area contributed by atoms with Crippen molar-refractivity contribution in [2.75, 3.05) is 27.7 Å². The van der Waals surface area contributed by atoms with Crippen LogP contribution < -0.4 is 0 Å². The molecular weight excluding hydrogens is 385 g/mol. The standard InChI is InChI=1S/C23H46NO4P/c1-5-6-7-8-9-10-11-12-13-14-15-16-17-18-19-20-21-23(25,29(26,27)28)22-24(2,3)4/h7-8,15-16,25H,5-6,9-14,17-22H2,1-4H3,(H-,26,27,28)/p+1/b8-7-,16-15-. The van der Waals surface area contributed by atoms with E-state index in [4.69, 9.17) is 0 Å². The van der Waals surface area contributed by atoms with Crippen molar-refractivity contribution in [1.29, 1.82) is 0 Å². The predicted octanol–water partition coefficient (Wildman–Crippen LogP) is 5.76. The first-order chi connectivity index (χ1) is 13.5. The quantitative estimate of drug-likeness (QED) is 0.111. The second-order valence-electron chi connectivity index (χ2n) is 9.30. The maximum atomic E-state index is 11.7. The zero-order valence-electron chi connectivity index (χ0n) is 19.4. The Morgan fingerprint density at radius 1 is 0.759 bits per heavy atom. The van der Waals surface area contributed by atoms with Crippen molar-refractivity contribution in [2.24, 2.45) is 0 Å². The second kappa shape index (κ2) is 15.4. The number of rotatable bonds is 18. The molecule has 3 N–H and O–H groups in total. The lowest BCUT2D eigenvalue weighted by atomic mass is 10.1. The third-order valence-electron chi connectivity index (χ3n) is 5.00. The molecule has 0 aromatic heterocycles. The van der Waals surface area contributed by atoms with Crippen molar-refractivity contribution in [3.8, 4) is 0 Å². The van der Waals surface area contributed by atoms with Crippen LogP contribution in [0.4, 0.5) is 0 Å². The Bertz CT molecular complexity index is 507. The molecule has 1 unspecified atom stereocenters. The molecule has 0 aromatic rings. The van der Waals surface area contributed by atoms with Crippen LogP contribution in [0, 0.1) is 0 Å². The van der Waals surface area contributed by atoms with Crippen molar-refractivity contribution in [2.45, 2.75) is 95.7 Å². The monoisotopic (exact) mass is 432 g/mol. The summed E-state index contributed by atoms with van der Waals surface area (Å²) in [5.41, 5.74) is 0. The molecule has 0 aliphatic rings. The smallest absolute Gasteiger partial charge is 0.362 e. The van der Waals surface area contributed by atoms with E-state index in [0.717, 1.165) is 25.7 Å². The highest BCUT2D eigenvalue weighted by Crippen LogP contribution is 2.52. The molecule has 0 amide bonds. The third kappa shape index (κ3) is 16.0. The van der Waals surface area contributed by atoms with Crippen molar-refractivity contribution in [3.05, 3.63) is 24.3 Å². The first-order valence-electron chi connectivity index (χ1n) is 11.4. The van der Waals surface area contributed by atoms with Crippen LogP contribution in [0.25, 0.3) is 0 Å². The molecule has 0 aliphatic heterocycles. The maximum absolute atomic E-state index is 11.7. The van der Waals surface area contributed by atoms with Gasteiger partial charge in [-0.15, -0.1) is 0 Å². The molecule has 29 heavy (non-hydrogen) atoms. The summed E-state index contributed by atoms with van der Waals surface area (Å²) in [5, 5.41) is 8.58. The Morgan fingerprint density at radius 2 is 1.17 bits per heavy atom. The fraction of sp³-hybridized carbons (Fsp3) is 0.826. The summed E-state index contributed by atoms with van der Waals surface area (Å²) in [4.78, 5) is 19.1. The highest BCUT2D eigenvalue weighted by atomic mass is 31.2. The maximum Gasteiger partial charge on any atom is 0.362 e. The topological polar surface area (TPSA) is 77.8 Å².